The second-order valence-corrected chi connectivity index (χ2v) is 4.12. The fraction of sp³-hybridized carbons (Fsp3) is 0.357. The fourth-order valence-electron chi connectivity index (χ4n) is 2.05. The zero-order valence-corrected chi connectivity index (χ0v) is 10.5. The molecule has 0 aliphatic rings. The normalized spacial score (nSPS) is 10.7. The molecule has 2 rings (SSSR count). The molecule has 1 aromatic carbocycles. The van der Waals surface area contributed by atoms with Crippen molar-refractivity contribution in [1.82, 2.24) is 9.88 Å². The molecule has 0 saturated carbocycles. The second-order valence-electron chi connectivity index (χ2n) is 4.12. The van der Waals surface area contributed by atoms with Crippen molar-refractivity contribution in [2.24, 2.45) is 0 Å². The van der Waals surface area contributed by atoms with Gasteiger partial charge in [-0.05, 0) is 17.7 Å². The monoisotopic (exact) mass is 243 g/mol. The van der Waals surface area contributed by atoms with Gasteiger partial charge in [-0.3, -0.25) is 0 Å². The summed E-state index contributed by atoms with van der Waals surface area (Å²) in [6.07, 6.45) is 1.96. The lowest BCUT2D eigenvalue weighted by atomic mass is 10.1. The number of nitrogens with one attached hydrogen (secondary N) is 1. The van der Waals surface area contributed by atoms with Gasteiger partial charge in [-0.2, -0.15) is 5.26 Å². The molecule has 1 N–H and O–H groups in total. The molecule has 94 valence electrons. The Labute approximate surface area is 107 Å². The molecule has 0 amide bonds. The summed E-state index contributed by atoms with van der Waals surface area (Å²) in [6.45, 7) is 2.76. The molecule has 2 aromatic rings. The molecule has 0 spiro atoms. The Hall–Kier alpha value is -1.83. The molecule has 0 aliphatic carbocycles. The van der Waals surface area contributed by atoms with Crippen molar-refractivity contribution in [3.8, 4) is 6.07 Å². The van der Waals surface area contributed by atoms with Gasteiger partial charge in [0.05, 0.1) is 12.7 Å². The van der Waals surface area contributed by atoms with Crippen molar-refractivity contribution in [1.29, 1.82) is 5.26 Å². The van der Waals surface area contributed by atoms with Gasteiger partial charge in [0, 0.05) is 37.3 Å². The van der Waals surface area contributed by atoms with Crippen LogP contribution in [0.5, 0.6) is 0 Å². The Morgan fingerprint density at radius 1 is 1.39 bits per heavy atom. The van der Waals surface area contributed by atoms with Crippen LogP contribution in [0.4, 0.5) is 0 Å². The highest BCUT2D eigenvalue weighted by Crippen LogP contribution is 2.20. The van der Waals surface area contributed by atoms with E-state index in [0.717, 1.165) is 18.6 Å². The summed E-state index contributed by atoms with van der Waals surface area (Å²) >= 11 is 0. The maximum absolute atomic E-state index is 8.77. The van der Waals surface area contributed by atoms with Crippen LogP contribution in [0.25, 0.3) is 10.9 Å². The molecule has 1 heterocycles. The summed E-state index contributed by atoms with van der Waals surface area (Å²) in [5.74, 6) is 0. The third kappa shape index (κ3) is 2.70. The van der Waals surface area contributed by atoms with Gasteiger partial charge >= 0.3 is 0 Å². The van der Waals surface area contributed by atoms with Gasteiger partial charge < -0.3 is 14.6 Å². The second kappa shape index (κ2) is 6.20. The number of aromatic nitrogens is 1. The van der Waals surface area contributed by atoms with E-state index in [1.54, 1.807) is 7.11 Å². The van der Waals surface area contributed by atoms with Gasteiger partial charge in [0.2, 0.25) is 0 Å². The first-order valence-corrected chi connectivity index (χ1v) is 6.00. The van der Waals surface area contributed by atoms with E-state index in [1.807, 2.05) is 22.9 Å². The molecule has 0 radical (unpaired) electrons. The fourth-order valence-corrected chi connectivity index (χ4v) is 2.05. The number of rotatable bonds is 6. The first-order valence-electron chi connectivity index (χ1n) is 6.00. The van der Waals surface area contributed by atoms with Crippen LogP contribution >= 0.6 is 0 Å². The van der Waals surface area contributed by atoms with E-state index in [0.29, 0.717) is 13.2 Å². The molecule has 1 aromatic heterocycles. The van der Waals surface area contributed by atoms with Gasteiger partial charge in [0.1, 0.15) is 6.54 Å². The lowest BCUT2D eigenvalue weighted by Crippen LogP contribution is -2.18. The topological polar surface area (TPSA) is 50.0 Å². The SMILES string of the molecule is COCCNCc1cccc2c1ccn2CC#N. The van der Waals surface area contributed by atoms with Crippen molar-refractivity contribution < 1.29 is 4.74 Å². The largest absolute Gasteiger partial charge is 0.383 e. The minimum absolute atomic E-state index is 0.393. The van der Waals surface area contributed by atoms with Crippen molar-refractivity contribution in [2.75, 3.05) is 20.3 Å². The van der Waals surface area contributed by atoms with Crippen molar-refractivity contribution in [2.45, 2.75) is 13.1 Å². The number of ether oxygens (including phenoxy) is 1. The first-order chi connectivity index (χ1) is 8.86. The van der Waals surface area contributed by atoms with Crippen LogP contribution in [0.2, 0.25) is 0 Å². The molecule has 4 nitrogen and oxygen atoms in total. The Kier molecular flexibility index (Phi) is 4.35. The molecule has 0 saturated heterocycles. The third-order valence-corrected chi connectivity index (χ3v) is 2.94. The van der Waals surface area contributed by atoms with E-state index >= 15 is 0 Å². The van der Waals surface area contributed by atoms with Gasteiger partial charge in [-0.1, -0.05) is 12.1 Å². The summed E-state index contributed by atoms with van der Waals surface area (Å²) in [5, 5.41) is 13.3. The van der Waals surface area contributed by atoms with Crippen LogP contribution in [0.15, 0.2) is 30.5 Å². The quantitative estimate of drug-likeness (QED) is 0.788. The predicted molar refractivity (Wildman–Crippen MR) is 71.1 cm³/mol. The number of methoxy groups -OCH3 is 1. The van der Waals surface area contributed by atoms with Crippen LogP contribution in [-0.4, -0.2) is 24.8 Å². The van der Waals surface area contributed by atoms with Gasteiger partial charge in [0.25, 0.3) is 0 Å². The van der Waals surface area contributed by atoms with E-state index in [9.17, 15) is 0 Å². The summed E-state index contributed by atoms with van der Waals surface area (Å²) in [6, 6.07) is 10.4. The molecular weight excluding hydrogens is 226 g/mol. The van der Waals surface area contributed by atoms with Crippen LogP contribution in [0.1, 0.15) is 5.56 Å². The molecular formula is C14H17N3O. The molecule has 0 bridgehead atoms. The molecule has 0 unspecified atom stereocenters. The number of nitriles is 1. The zero-order chi connectivity index (χ0) is 12.8. The summed E-state index contributed by atoms with van der Waals surface area (Å²) in [7, 11) is 1.70. The highest BCUT2D eigenvalue weighted by atomic mass is 16.5. The Balaban J connectivity index is 2.16. The van der Waals surface area contributed by atoms with Crippen LogP contribution < -0.4 is 5.32 Å². The maximum atomic E-state index is 8.77. The van der Waals surface area contributed by atoms with Gasteiger partial charge in [-0.25, -0.2) is 0 Å². The number of hydrogen-bond donors (Lipinski definition) is 1. The average Bonchev–Trinajstić information content (AvgIpc) is 2.79. The molecule has 0 atom stereocenters. The van der Waals surface area contributed by atoms with E-state index in [4.69, 9.17) is 10.00 Å². The van der Waals surface area contributed by atoms with Gasteiger partial charge in [0.15, 0.2) is 0 Å². The van der Waals surface area contributed by atoms with E-state index in [-0.39, 0.29) is 0 Å². The lowest BCUT2D eigenvalue weighted by Gasteiger charge is -2.06. The molecule has 18 heavy (non-hydrogen) atoms. The lowest BCUT2D eigenvalue weighted by molar-refractivity contribution is 0.199. The van der Waals surface area contributed by atoms with Crippen molar-refractivity contribution in [3.05, 3.63) is 36.0 Å². The van der Waals surface area contributed by atoms with E-state index in [1.165, 1.54) is 10.9 Å². The Bertz CT molecular complexity index is 554. The smallest absolute Gasteiger partial charge is 0.110 e. The third-order valence-electron chi connectivity index (χ3n) is 2.94. The van der Waals surface area contributed by atoms with Crippen LogP contribution in [-0.2, 0) is 17.8 Å². The van der Waals surface area contributed by atoms with Crippen LogP contribution in [0.3, 0.4) is 0 Å². The van der Waals surface area contributed by atoms with Crippen LogP contribution in [0, 0.1) is 11.3 Å². The molecule has 0 aliphatic heterocycles. The molecule has 4 heteroatoms. The number of nitrogens with zero attached hydrogens (tertiary/aromatic N) is 2. The minimum atomic E-state index is 0.393. The summed E-state index contributed by atoms with van der Waals surface area (Å²) in [5.41, 5.74) is 2.36. The highest BCUT2D eigenvalue weighted by molar-refractivity contribution is 5.83. The van der Waals surface area contributed by atoms with Crippen molar-refractivity contribution >= 4 is 10.9 Å². The average molecular weight is 243 g/mol. The van der Waals surface area contributed by atoms with E-state index < -0.39 is 0 Å². The predicted octanol–water partition coefficient (Wildman–Crippen LogP) is 1.90. The minimum Gasteiger partial charge on any atom is -0.383 e. The number of hydrogen-bond acceptors (Lipinski definition) is 3. The zero-order valence-electron chi connectivity index (χ0n) is 10.5. The maximum Gasteiger partial charge on any atom is 0.110 e. The summed E-state index contributed by atoms with van der Waals surface area (Å²) in [4.78, 5) is 0. The van der Waals surface area contributed by atoms with Gasteiger partial charge in [-0.15, -0.1) is 0 Å². The Morgan fingerprint density at radius 3 is 3.06 bits per heavy atom. The van der Waals surface area contributed by atoms with E-state index in [2.05, 4.69) is 23.5 Å². The number of benzene rings is 1. The summed E-state index contributed by atoms with van der Waals surface area (Å²) < 4.78 is 6.97. The first kappa shape index (κ1) is 12.6. The highest BCUT2D eigenvalue weighted by Gasteiger charge is 2.04. The number of fused-ring (bicyclic) bond motifs is 1. The molecule has 0 fully saturated rings. The Morgan fingerprint density at radius 2 is 2.28 bits per heavy atom. The standard InChI is InChI=1S/C14H17N3O/c1-18-10-7-16-11-12-3-2-4-14-13(12)5-8-17(14)9-6-15/h2-5,8,16H,7,9-11H2,1H3. The van der Waals surface area contributed by atoms with Crippen molar-refractivity contribution in [3.63, 3.8) is 0 Å².